The molecule has 0 bridgehead atoms. The van der Waals surface area contributed by atoms with Crippen molar-refractivity contribution in [1.82, 2.24) is 4.90 Å². The highest BCUT2D eigenvalue weighted by molar-refractivity contribution is 7.33. The first-order valence-electron chi connectivity index (χ1n) is 3.06. The van der Waals surface area contributed by atoms with Gasteiger partial charge in [0.1, 0.15) is 0 Å². The molecular weight excluding hydrogens is 156 g/mol. The van der Waals surface area contributed by atoms with Crippen molar-refractivity contribution in [3.05, 3.63) is 0 Å². The second-order valence-electron chi connectivity index (χ2n) is 2.34. The third-order valence-corrected chi connectivity index (χ3v) is 1.46. The Kier molecular flexibility index (Phi) is 5.76. The summed E-state index contributed by atoms with van der Waals surface area (Å²) in [5.74, 6) is 0. The van der Waals surface area contributed by atoms with E-state index in [0.29, 0.717) is 0 Å². The summed E-state index contributed by atoms with van der Waals surface area (Å²) in [6.45, 7) is 1.07. The minimum Gasteiger partial charge on any atom is -0.309 e. The maximum atomic E-state index is 5.51. The van der Waals surface area contributed by atoms with Gasteiger partial charge in [0.2, 0.25) is 0 Å². The van der Waals surface area contributed by atoms with Gasteiger partial charge in [-0.25, -0.2) is 0 Å². The van der Waals surface area contributed by atoms with E-state index in [0.717, 1.165) is 19.3 Å². The summed E-state index contributed by atoms with van der Waals surface area (Å²) in [4.78, 5) is 2.12. The molecule has 0 amide bonds. The zero-order valence-electron chi connectivity index (χ0n) is 5.90. The van der Waals surface area contributed by atoms with Gasteiger partial charge >= 0.3 is 5.54 Å². The molecule has 0 N–H and O–H groups in total. The number of halogens is 2. The molecule has 9 heavy (non-hydrogen) atoms. The Morgan fingerprint density at radius 1 is 1.33 bits per heavy atom. The minimum absolute atomic E-state index is 0.190. The van der Waals surface area contributed by atoms with Crippen LogP contribution in [0.1, 0.15) is 6.42 Å². The van der Waals surface area contributed by atoms with Gasteiger partial charge in [-0.1, -0.05) is 0 Å². The molecule has 54 valence electrons. The van der Waals surface area contributed by atoms with E-state index in [1.54, 1.807) is 0 Å². The summed E-state index contributed by atoms with van der Waals surface area (Å²) < 4.78 is 0. The summed E-state index contributed by atoms with van der Waals surface area (Å²) in [6.07, 6.45) is 1.96. The van der Waals surface area contributed by atoms with Crippen molar-refractivity contribution in [3.8, 4) is 0 Å². The van der Waals surface area contributed by atoms with Gasteiger partial charge in [-0.05, 0) is 33.4 Å². The van der Waals surface area contributed by atoms with Crippen LogP contribution in [0.25, 0.3) is 0 Å². The number of hydrogen-bond acceptors (Lipinski definition) is 1. The third-order valence-electron chi connectivity index (χ3n) is 1.03. The van der Waals surface area contributed by atoms with E-state index in [1.165, 1.54) is 0 Å². The summed E-state index contributed by atoms with van der Waals surface area (Å²) in [6, 6.07) is 0. The van der Waals surface area contributed by atoms with E-state index >= 15 is 0 Å². The van der Waals surface area contributed by atoms with E-state index in [4.69, 9.17) is 22.9 Å². The fourth-order valence-electron chi connectivity index (χ4n) is 0.562. The number of rotatable bonds is 4. The quantitative estimate of drug-likeness (QED) is 0.579. The van der Waals surface area contributed by atoms with E-state index in [2.05, 4.69) is 4.90 Å². The van der Waals surface area contributed by atoms with Gasteiger partial charge in [0.05, 0.1) is 0 Å². The maximum Gasteiger partial charge on any atom is 0.351 e. The zero-order valence-corrected chi connectivity index (χ0v) is 7.41. The van der Waals surface area contributed by atoms with Crippen LogP contribution in [-0.4, -0.2) is 31.1 Å². The van der Waals surface area contributed by atoms with Crippen molar-refractivity contribution in [2.75, 3.05) is 20.6 Å². The van der Waals surface area contributed by atoms with Crippen molar-refractivity contribution in [3.63, 3.8) is 0 Å². The summed E-state index contributed by atoms with van der Waals surface area (Å²) in [5.41, 5.74) is -0.190. The second-order valence-corrected chi connectivity index (χ2v) is 3.61. The van der Waals surface area contributed by atoms with E-state index in [-0.39, 0.29) is 5.54 Å². The molecule has 0 aliphatic carbocycles. The van der Waals surface area contributed by atoms with Crippen LogP contribution in [-0.2, 0) is 0 Å². The molecule has 0 aromatic carbocycles. The van der Waals surface area contributed by atoms with Gasteiger partial charge in [0, 0.05) is 0 Å². The van der Waals surface area contributed by atoms with Crippen LogP contribution in [0.2, 0.25) is 6.32 Å². The summed E-state index contributed by atoms with van der Waals surface area (Å²) >= 11 is 11.0. The molecule has 1 nitrogen and oxygen atoms in total. The molecule has 0 aliphatic heterocycles. The molecule has 0 radical (unpaired) electrons. The fourth-order valence-corrected chi connectivity index (χ4v) is 0.870. The number of hydrogen-bond donors (Lipinski definition) is 0. The largest absolute Gasteiger partial charge is 0.351 e. The van der Waals surface area contributed by atoms with Gasteiger partial charge < -0.3 is 4.90 Å². The molecule has 0 spiro atoms. The van der Waals surface area contributed by atoms with E-state index in [1.807, 2.05) is 14.1 Å². The zero-order chi connectivity index (χ0) is 7.28. The predicted molar refractivity (Wildman–Crippen MR) is 45.4 cm³/mol. The molecule has 0 atom stereocenters. The first-order chi connectivity index (χ1) is 4.13. The molecule has 0 aromatic rings. The lowest BCUT2D eigenvalue weighted by molar-refractivity contribution is 0.408. The van der Waals surface area contributed by atoms with Crippen LogP contribution in [0.3, 0.4) is 0 Å². The Morgan fingerprint density at radius 3 is 2.22 bits per heavy atom. The normalized spacial score (nSPS) is 10.3. The SMILES string of the molecule is CN(C)CCCB(Cl)Cl. The van der Waals surface area contributed by atoms with Crippen LogP contribution in [0.5, 0.6) is 0 Å². The molecule has 0 heterocycles. The Bertz CT molecular complexity index is 60.0. The standard InChI is InChI=1S/C5H12BCl2N/c1-9(2)5-3-4-6(7)8/h3-5H2,1-2H3. The lowest BCUT2D eigenvalue weighted by Gasteiger charge is -2.07. The van der Waals surface area contributed by atoms with Crippen LogP contribution in [0.4, 0.5) is 0 Å². The highest BCUT2D eigenvalue weighted by atomic mass is 35.5. The van der Waals surface area contributed by atoms with Crippen molar-refractivity contribution in [1.29, 1.82) is 0 Å². The molecule has 0 aromatic heterocycles. The van der Waals surface area contributed by atoms with Gasteiger partial charge in [-0.15, -0.1) is 0 Å². The fraction of sp³-hybridized carbons (Fsp3) is 1.00. The van der Waals surface area contributed by atoms with Crippen molar-refractivity contribution in [2.45, 2.75) is 12.7 Å². The van der Waals surface area contributed by atoms with Crippen LogP contribution in [0.15, 0.2) is 0 Å². The van der Waals surface area contributed by atoms with Gasteiger partial charge in [0.15, 0.2) is 0 Å². The Hall–Kier alpha value is 0.605. The molecule has 0 fully saturated rings. The van der Waals surface area contributed by atoms with Crippen molar-refractivity contribution >= 4 is 28.5 Å². The van der Waals surface area contributed by atoms with Crippen molar-refractivity contribution in [2.24, 2.45) is 0 Å². The maximum absolute atomic E-state index is 5.51. The van der Waals surface area contributed by atoms with Crippen LogP contribution in [0, 0.1) is 0 Å². The lowest BCUT2D eigenvalue weighted by atomic mass is 9.98. The molecule has 0 unspecified atom stereocenters. The van der Waals surface area contributed by atoms with Crippen molar-refractivity contribution < 1.29 is 0 Å². The van der Waals surface area contributed by atoms with Gasteiger partial charge in [-0.2, -0.15) is 22.9 Å². The average Bonchev–Trinajstić information content (AvgIpc) is 1.63. The minimum atomic E-state index is -0.190. The van der Waals surface area contributed by atoms with Crippen LogP contribution < -0.4 is 0 Å². The highest BCUT2D eigenvalue weighted by Crippen LogP contribution is 2.05. The Balaban J connectivity index is 2.91. The third kappa shape index (κ3) is 8.60. The first-order valence-corrected chi connectivity index (χ1v) is 3.93. The Morgan fingerprint density at radius 2 is 1.89 bits per heavy atom. The van der Waals surface area contributed by atoms with Gasteiger partial charge in [-0.3, -0.25) is 0 Å². The topological polar surface area (TPSA) is 3.24 Å². The summed E-state index contributed by atoms with van der Waals surface area (Å²) in [7, 11) is 4.08. The molecule has 0 saturated carbocycles. The lowest BCUT2D eigenvalue weighted by Crippen LogP contribution is -2.13. The molecule has 0 rings (SSSR count). The van der Waals surface area contributed by atoms with E-state index < -0.39 is 0 Å². The Labute approximate surface area is 67.2 Å². The summed E-state index contributed by atoms with van der Waals surface area (Å²) in [5, 5.41) is 0. The molecule has 0 saturated heterocycles. The molecule has 0 aliphatic rings. The molecule has 4 heteroatoms. The van der Waals surface area contributed by atoms with Crippen LogP contribution >= 0.6 is 22.9 Å². The number of nitrogens with zero attached hydrogens (tertiary/aromatic N) is 1. The smallest absolute Gasteiger partial charge is 0.309 e. The monoisotopic (exact) mass is 167 g/mol. The van der Waals surface area contributed by atoms with Gasteiger partial charge in [0.25, 0.3) is 0 Å². The predicted octanol–water partition coefficient (Wildman–Crippen LogP) is 1.90. The first kappa shape index (κ1) is 9.60. The molecular formula is C5H12BCl2N. The highest BCUT2D eigenvalue weighted by Gasteiger charge is 2.03. The second kappa shape index (κ2) is 5.39. The van der Waals surface area contributed by atoms with E-state index in [9.17, 15) is 0 Å². The average molecular weight is 168 g/mol.